The lowest BCUT2D eigenvalue weighted by atomic mass is 10.1. The van der Waals surface area contributed by atoms with E-state index in [1.54, 1.807) is 0 Å². The van der Waals surface area contributed by atoms with Gasteiger partial charge in [0, 0.05) is 28.2 Å². The summed E-state index contributed by atoms with van der Waals surface area (Å²) in [5.74, 6) is 0. The van der Waals surface area contributed by atoms with Crippen molar-refractivity contribution in [3.8, 4) is 11.3 Å². The van der Waals surface area contributed by atoms with E-state index in [0.717, 1.165) is 27.8 Å². The molecule has 0 saturated carbocycles. The number of likely N-dealkylation sites (N-methyl/N-ethyl adjacent to an activating group) is 1. The van der Waals surface area contributed by atoms with Gasteiger partial charge < -0.3 is 5.32 Å². The molecule has 0 fully saturated rings. The molecule has 1 aromatic heterocycles. The van der Waals surface area contributed by atoms with Crippen LogP contribution in [0.3, 0.4) is 0 Å². The van der Waals surface area contributed by atoms with Crippen LogP contribution in [0.25, 0.3) is 11.3 Å². The highest BCUT2D eigenvalue weighted by molar-refractivity contribution is 9.10. The van der Waals surface area contributed by atoms with E-state index in [-0.39, 0.29) is 0 Å². The molecule has 0 radical (unpaired) electrons. The third-order valence-electron chi connectivity index (χ3n) is 2.79. The van der Waals surface area contributed by atoms with Crippen molar-refractivity contribution in [3.05, 3.63) is 40.5 Å². The van der Waals surface area contributed by atoms with Crippen LogP contribution in [-0.4, -0.2) is 23.3 Å². The van der Waals surface area contributed by atoms with Gasteiger partial charge in [0.1, 0.15) is 0 Å². The molecule has 0 amide bonds. The highest BCUT2D eigenvalue weighted by Gasteiger charge is 2.06. The molecular formula is C13H16BrN3. The van der Waals surface area contributed by atoms with Gasteiger partial charge in [-0.3, -0.25) is 5.10 Å². The second-order valence-electron chi connectivity index (χ2n) is 4.18. The average Bonchev–Trinajstić information content (AvgIpc) is 2.78. The van der Waals surface area contributed by atoms with Gasteiger partial charge in [-0.25, -0.2) is 0 Å². The molecule has 0 spiro atoms. The minimum absolute atomic E-state index is 0.452. The third kappa shape index (κ3) is 3.17. The highest BCUT2D eigenvalue weighted by atomic mass is 79.9. The number of halogens is 1. The molecule has 3 nitrogen and oxygen atoms in total. The van der Waals surface area contributed by atoms with Gasteiger partial charge in [0.2, 0.25) is 0 Å². The molecule has 1 unspecified atom stereocenters. The fourth-order valence-corrected chi connectivity index (χ4v) is 1.93. The number of nitrogens with one attached hydrogen (secondary N) is 2. The van der Waals surface area contributed by atoms with Crippen LogP contribution < -0.4 is 5.32 Å². The van der Waals surface area contributed by atoms with Gasteiger partial charge in [-0.2, -0.15) is 5.10 Å². The van der Waals surface area contributed by atoms with Gasteiger partial charge in [-0.15, -0.1) is 0 Å². The van der Waals surface area contributed by atoms with E-state index in [4.69, 9.17) is 0 Å². The van der Waals surface area contributed by atoms with Gasteiger partial charge in [-0.1, -0.05) is 28.1 Å². The number of benzene rings is 1. The monoisotopic (exact) mass is 293 g/mol. The van der Waals surface area contributed by atoms with Crippen LogP contribution in [0, 0.1) is 0 Å². The van der Waals surface area contributed by atoms with Crippen LogP contribution in [0.4, 0.5) is 0 Å². The predicted octanol–water partition coefficient (Wildman–Crippen LogP) is 2.99. The zero-order chi connectivity index (χ0) is 12.3. The Labute approximate surface area is 110 Å². The lowest BCUT2D eigenvalue weighted by molar-refractivity contribution is 0.600. The van der Waals surface area contributed by atoms with E-state index in [2.05, 4.69) is 56.6 Å². The van der Waals surface area contributed by atoms with Crippen molar-refractivity contribution >= 4 is 15.9 Å². The normalized spacial score (nSPS) is 12.6. The van der Waals surface area contributed by atoms with Crippen molar-refractivity contribution in [2.45, 2.75) is 19.4 Å². The van der Waals surface area contributed by atoms with E-state index in [1.807, 2.05) is 19.2 Å². The third-order valence-corrected chi connectivity index (χ3v) is 3.32. The van der Waals surface area contributed by atoms with Crippen molar-refractivity contribution in [1.29, 1.82) is 0 Å². The maximum atomic E-state index is 4.34. The Hall–Kier alpha value is -1.13. The van der Waals surface area contributed by atoms with E-state index >= 15 is 0 Å². The molecule has 0 bridgehead atoms. The maximum absolute atomic E-state index is 4.34. The second kappa shape index (κ2) is 5.47. The Morgan fingerprint density at radius 2 is 2.06 bits per heavy atom. The van der Waals surface area contributed by atoms with Crippen molar-refractivity contribution in [2.75, 3.05) is 7.05 Å². The number of nitrogens with zero attached hydrogens (tertiary/aromatic N) is 1. The zero-order valence-electron chi connectivity index (χ0n) is 10.00. The first-order valence-corrected chi connectivity index (χ1v) is 6.46. The molecule has 2 rings (SSSR count). The average molecular weight is 294 g/mol. The van der Waals surface area contributed by atoms with E-state index in [9.17, 15) is 0 Å². The largest absolute Gasteiger partial charge is 0.317 e. The van der Waals surface area contributed by atoms with Gasteiger partial charge >= 0.3 is 0 Å². The lowest BCUT2D eigenvalue weighted by Gasteiger charge is -2.06. The summed E-state index contributed by atoms with van der Waals surface area (Å²) in [5, 5.41) is 10.6. The Bertz CT molecular complexity index is 476. The van der Waals surface area contributed by atoms with Crippen LogP contribution in [0.2, 0.25) is 0 Å². The first-order chi connectivity index (χ1) is 8.19. The first-order valence-electron chi connectivity index (χ1n) is 5.66. The second-order valence-corrected chi connectivity index (χ2v) is 5.09. The van der Waals surface area contributed by atoms with Crippen molar-refractivity contribution in [3.63, 3.8) is 0 Å². The van der Waals surface area contributed by atoms with Crippen molar-refractivity contribution in [1.82, 2.24) is 15.5 Å². The smallest absolute Gasteiger partial charge is 0.0923 e. The molecule has 1 atom stereocenters. The summed E-state index contributed by atoms with van der Waals surface area (Å²) in [4.78, 5) is 0. The molecule has 17 heavy (non-hydrogen) atoms. The molecule has 0 aliphatic carbocycles. The summed E-state index contributed by atoms with van der Waals surface area (Å²) in [6.45, 7) is 2.15. The number of hydrogen-bond donors (Lipinski definition) is 2. The standard InChI is InChI=1S/C13H16BrN3/c1-9(15-2)7-12-8-13(17-16-12)10-3-5-11(14)6-4-10/h3-6,8-9,15H,7H2,1-2H3,(H,16,17). The number of rotatable bonds is 4. The van der Waals surface area contributed by atoms with Crippen molar-refractivity contribution in [2.24, 2.45) is 0 Å². The SMILES string of the molecule is CNC(C)Cc1cc(-c2ccc(Br)cc2)n[nH]1. The molecule has 2 N–H and O–H groups in total. The first kappa shape index (κ1) is 12.3. The Balaban J connectivity index is 2.15. The van der Waals surface area contributed by atoms with E-state index < -0.39 is 0 Å². The quantitative estimate of drug-likeness (QED) is 0.910. The molecule has 1 aromatic carbocycles. The van der Waals surface area contributed by atoms with Gasteiger partial charge in [-0.05, 0) is 32.2 Å². The molecule has 0 aliphatic heterocycles. The molecule has 2 aromatic rings. The summed E-state index contributed by atoms with van der Waals surface area (Å²) in [6, 6.07) is 10.7. The Morgan fingerprint density at radius 3 is 2.71 bits per heavy atom. The van der Waals surface area contributed by atoms with Crippen LogP contribution in [-0.2, 0) is 6.42 Å². The number of H-pyrrole nitrogens is 1. The van der Waals surface area contributed by atoms with E-state index in [0.29, 0.717) is 6.04 Å². The summed E-state index contributed by atoms with van der Waals surface area (Å²) in [6.07, 6.45) is 0.958. The number of aromatic amines is 1. The van der Waals surface area contributed by atoms with Crippen LogP contribution >= 0.6 is 15.9 Å². The summed E-state index contributed by atoms with van der Waals surface area (Å²) in [5.41, 5.74) is 3.29. The highest BCUT2D eigenvalue weighted by Crippen LogP contribution is 2.20. The lowest BCUT2D eigenvalue weighted by Crippen LogP contribution is -2.23. The Kier molecular flexibility index (Phi) is 3.97. The Morgan fingerprint density at radius 1 is 1.35 bits per heavy atom. The van der Waals surface area contributed by atoms with Gasteiger partial charge in [0.25, 0.3) is 0 Å². The molecule has 0 saturated heterocycles. The summed E-state index contributed by atoms with van der Waals surface area (Å²) >= 11 is 3.43. The number of hydrogen-bond acceptors (Lipinski definition) is 2. The predicted molar refractivity (Wildman–Crippen MR) is 73.9 cm³/mol. The fraction of sp³-hybridized carbons (Fsp3) is 0.308. The fourth-order valence-electron chi connectivity index (χ4n) is 1.67. The minimum atomic E-state index is 0.452. The van der Waals surface area contributed by atoms with Crippen LogP contribution in [0.15, 0.2) is 34.8 Å². The number of aromatic nitrogens is 2. The molecule has 4 heteroatoms. The molecule has 90 valence electrons. The molecule has 0 aliphatic rings. The summed E-state index contributed by atoms with van der Waals surface area (Å²) < 4.78 is 1.08. The maximum Gasteiger partial charge on any atom is 0.0923 e. The van der Waals surface area contributed by atoms with E-state index in [1.165, 1.54) is 0 Å². The molecular weight excluding hydrogens is 278 g/mol. The van der Waals surface area contributed by atoms with Crippen LogP contribution in [0.5, 0.6) is 0 Å². The van der Waals surface area contributed by atoms with Crippen LogP contribution in [0.1, 0.15) is 12.6 Å². The minimum Gasteiger partial charge on any atom is -0.317 e. The summed E-state index contributed by atoms with van der Waals surface area (Å²) in [7, 11) is 1.97. The van der Waals surface area contributed by atoms with Gasteiger partial charge in [0.15, 0.2) is 0 Å². The molecule has 1 heterocycles. The zero-order valence-corrected chi connectivity index (χ0v) is 11.6. The van der Waals surface area contributed by atoms with Crippen molar-refractivity contribution < 1.29 is 0 Å². The topological polar surface area (TPSA) is 40.7 Å². The van der Waals surface area contributed by atoms with Gasteiger partial charge in [0.05, 0.1) is 5.69 Å².